The van der Waals surface area contributed by atoms with E-state index in [1.54, 1.807) is 53.6 Å². The van der Waals surface area contributed by atoms with Gasteiger partial charge in [-0.15, -0.1) is 0 Å². The highest BCUT2D eigenvalue weighted by Crippen LogP contribution is 2.33. The number of carbonyl (C=O) groups is 2. The SMILES string of the molecule is O=C(Nc1ccc(C(F)(F)F)cc1)N1CCN(C(=O)c2ccc(N(c3cccc4cccnc34)S(=O)O)cc2)CC1. The summed E-state index contributed by atoms with van der Waals surface area (Å²) >= 11 is -2.41. The normalized spacial score (nSPS) is 14.5. The smallest absolute Gasteiger partial charge is 0.335 e. The number of urea groups is 1. The number of amides is 3. The lowest BCUT2D eigenvalue weighted by Crippen LogP contribution is -2.51. The standard InChI is InChI=1S/C28H24F3N5O4S/c29-28(30,31)21-8-10-22(11-9-21)33-27(38)35-17-15-34(16-18-35)26(37)20-6-12-23(13-7-20)36(41(39)40)24-5-1-3-19-4-2-14-32-25(19)24/h1-14H,15-18H2,(H,33,38)(H,39,40). The lowest BCUT2D eigenvalue weighted by molar-refractivity contribution is -0.137. The van der Waals surface area contributed by atoms with E-state index in [1.807, 2.05) is 12.1 Å². The zero-order valence-corrected chi connectivity index (χ0v) is 22.2. The number of anilines is 3. The summed E-state index contributed by atoms with van der Waals surface area (Å²) in [5.41, 5.74) is 1.19. The maximum absolute atomic E-state index is 13.1. The van der Waals surface area contributed by atoms with Gasteiger partial charge in [-0.1, -0.05) is 18.2 Å². The molecule has 1 aliphatic heterocycles. The summed E-state index contributed by atoms with van der Waals surface area (Å²) < 4.78 is 61.9. The maximum Gasteiger partial charge on any atom is 0.416 e. The van der Waals surface area contributed by atoms with Crippen molar-refractivity contribution >= 4 is 51.2 Å². The average Bonchev–Trinajstić information content (AvgIpc) is 2.97. The zero-order chi connectivity index (χ0) is 29.1. The number of nitrogens with one attached hydrogen (secondary N) is 1. The van der Waals surface area contributed by atoms with Crippen molar-refractivity contribution in [2.75, 3.05) is 35.8 Å². The maximum atomic E-state index is 13.1. The predicted molar refractivity (Wildman–Crippen MR) is 149 cm³/mol. The van der Waals surface area contributed by atoms with E-state index in [0.29, 0.717) is 22.5 Å². The van der Waals surface area contributed by atoms with Gasteiger partial charge in [-0.25, -0.2) is 13.3 Å². The summed E-state index contributed by atoms with van der Waals surface area (Å²) in [5.74, 6) is -0.261. The first-order valence-electron chi connectivity index (χ1n) is 12.5. The van der Waals surface area contributed by atoms with E-state index in [9.17, 15) is 31.5 Å². The first-order valence-corrected chi connectivity index (χ1v) is 13.6. The molecule has 1 unspecified atom stereocenters. The summed E-state index contributed by atoms with van der Waals surface area (Å²) in [6.07, 6.45) is -2.86. The molecule has 0 radical (unpaired) electrons. The van der Waals surface area contributed by atoms with Crippen LogP contribution in [0.25, 0.3) is 10.9 Å². The third-order valence-electron chi connectivity index (χ3n) is 6.65. The number of benzene rings is 3. The molecule has 13 heteroatoms. The van der Waals surface area contributed by atoms with Crippen LogP contribution in [0.1, 0.15) is 15.9 Å². The largest absolute Gasteiger partial charge is 0.416 e. The number of hydrogen-bond acceptors (Lipinski definition) is 4. The number of pyridine rings is 1. The number of halogens is 3. The third kappa shape index (κ3) is 6.15. The van der Waals surface area contributed by atoms with Crippen LogP contribution in [0.15, 0.2) is 85.1 Å². The molecule has 212 valence electrons. The molecule has 5 rings (SSSR count). The fourth-order valence-electron chi connectivity index (χ4n) is 4.55. The second kappa shape index (κ2) is 11.6. The number of aromatic nitrogens is 1. The number of fused-ring (bicyclic) bond motifs is 1. The Balaban J connectivity index is 1.22. The number of para-hydroxylation sites is 1. The van der Waals surface area contributed by atoms with Crippen molar-refractivity contribution in [2.24, 2.45) is 0 Å². The summed E-state index contributed by atoms with van der Waals surface area (Å²) in [7, 11) is 0. The molecule has 9 nitrogen and oxygen atoms in total. The number of nitrogens with zero attached hydrogens (tertiary/aromatic N) is 4. The molecular weight excluding hydrogens is 559 g/mol. The van der Waals surface area contributed by atoms with Crippen LogP contribution in [0.3, 0.4) is 0 Å². The number of rotatable bonds is 5. The van der Waals surface area contributed by atoms with E-state index < -0.39 is 29.0 Å². The van der Waals surface area contributed by atoms with Gasteiger partial charge in [0.2, 0.25) is 0 Å². The molecule has 0 spiro atoms. The van der Waals surface area contributed by atoms with Gasteiger partial charge in [-0.2, -0.15) is 13.2 Å². The van der Waals surface area contributed by atoms with Crippen LogP contribution in [0.2, 0.25) is 0 Å². The van der Waals surface area contributed by atoms with Crippen molar-refractivity contribution in [1.82, 2.24) is 14.8 Å². The molecule has 3 amide bonds. The topological polar surface area (TPSA) is 106 Å². The Morgan fingerprint density at radius 3 is 2.15 bits per heavy atom. The van der Waals surface area contributed by atoms with Crippen molar-refractivity contribution < 1.29 is 31.5 Å². The zero-order valence-electron chi connectivity index (χ0n) is 21.4. The van der Waals surface area contributed by atoms with Crippen LogP contribution in [-0.2, 0) is 17.4 Å². The van der Waals surface area contributed by atoms with Crippen LogP contribution in [-0.4, -0.2) is 61.7 Å². The van der Waals surface area contributed by atoms with Crippen molar-refractivity contribution in [3.63, 3.8) is 0 Å². The van der Waals surface area contributed by atoms with E-state index in [-0.39, 0.29) is 37.8 Å². The molecule has 2 N–H and O–H groups in total. The van der Waals surface area contributed by atoms with E-state index in [1.165, 1.54) is 21.3 Å². The lowest BCUT2D eigenvalue weighted by atomic mass is 10.1. The predicted octanol–water partition coefficient (Wildman–Crippen LogP) is 5.52. The number of alkyl halides is 3. The number of hydrogen-bond donors (Lipinski definition) is 2. The summed E-state index contributed by atoms with van der Waals surface area (Å²) in [4.78, 5) is 33.1. The van der Waals surface area contributed by atoms with E-state index in [2.05, 4.69) is 10.3 Å². The Hall–Kier alpha value is -4.49. The summed E-state index contributed by atoms with van der Waals surface area (Å²) in [6.45, 7) is 0.994. The van der Waals surface area contributed by atoms with Gasteiger partial charge in [0, 0.05) is 49.0 Å². The minimum absolute atomic E-state index is 0.235. The second-order valence-electron chi connectivity index (χ2n) is 9.21. The molecule has 1 atom stereocenters. The fourth-order valence-corrected chi connectivity index (χ4v) is 5.16. The van der Waals surface area contributed by atoms with Crippen LogP contribution in [0, 0.1) is 0 Å². The minimum Gasteiger partial charge on any atom is -0.335 e. The molecular formula is C28H24F3N5O4S. The Morgan fingerprint density at radius 1 is 0.878 bits per heavy atom. The molecule has 3 aromatic carbocycles. The first-order chi connectivity index (χ1) is 19.6. The quantitative estimate of drug-likeness (QED) is 0.301. The Bertz CT molecular complexity index is 1590. The fraction of sp³-hybridized carbons (Fsp3) is 0.179. The highest BCUT2D eigenvalue weighted by Gasteiger charge is 2.30. The Morgan fingerprint density at radius 2 is 1.51 bits per heavy atom. The van der Waals surface area contributed by atoms with Gasteiger partial charge in [0.1, 0.15) is 0 Å². The highest BCUT2D eigenvalue weighted by molar-refractivity contribution is 7.81. The number of piperazine rings is 1. The van der Waals surface area contributed by atoms with Crippen LogP contribution < -0.4 is 9.62 Å². The molecule has 1 aromatic heterocycles. The van der Waals surface area contributed by atoms with Crippen molar-refractivity contribution in [2.45, 2.75) is 6.18 Å². The van der Waals surface area contributed by atoms with Crippen LogP contribution in [0.5, 0.6) is 0 Å². The van der Waals surface area contributed by atoms with Gasteiger partial charge >= 0.3 is 12.2 Å². The molecule has 0 saturated carbocycles. The molecule has 2 heterocycles. The molecule has 41 heavy (non-hydrogen) atoms. The Kier molecular flexibility index (Phi) is 7.90. The minimum atomic E-state index is -4.46. The van der Waals surface area contributed by atoms with E-state index >= 15 is 0 Å². The van der Waals surface area contributed by atoms with E-state index in [4.69, 9.17) is 0 Å². The first kappa shape index (κ1) is 28.1. The van der Waals surface area contributed by atoms with Gasteiger partial charge in [-0.3, -0.25) is 14.3 Å². The molecule has 4 aromatic rings. The van der Waals surface area contributed by atoms with Gasteiger partial charge in [0.05, 0.1) is 22.5 Å². The molecule has 0 bridgehead atoms. The highest BCUT2D eigenvalue weighted by atomic mass is 32.2. The number of carbonyl (C=O) groups excluding carboxylic acids is 2. The lowest BCUT2D eigenvalue weighted by Gasteiger charge is -2.34. The molecule has 1 saturated heterocycles. The molecule has 0 aliphatic carbocycles. The van der Waals surface area contributed by atoms with Crippen molar-refractivity contribution in [3.05, 3.63) is 96.2 Å². The monoisotopic (exact) mass is 583 g/mol. The third-order valence-corrected chi connectivity index (χ3v) is 7.37. The van der Waals surface area contributed by atoms with Crippen molar-refractivity contribution in [3.8, 4) is 0 Å². The van der Waals surface area contributed by atoms with Gasteiger partial charge < -0.3 is 15.1 Å². The molecule has 1 aliphatic rings. The second-order valence-corrected chi connectivity index (χ2v) is 10.0. The van der Waals surface area contributed by atoms with Crippen LogP contribution >= 0.6 is 0 Å². The van der Waals surface area contributed by atoms with Crippen molar-refractivity contribution in [1.29, 1.82) is 0 Å². The van der Waals surface area contributed by atoms with Gasteiger partial charge in [0.25, 0.3) is 17.2 Å². The Labute approximate surface area is 235 Å². The summed E-state index contributed by atoms with van der Waals surface area (Å²) in [5, 5.41) is 3.38. The van der Waals surface area contributed by atoms with Gasteiger partial charge in [0.15, 0.2) is 0 Å². The van der Waals surface area contributed by atoms with E-state index in [0.717, 1.165) is 17.5 Å². The van der Waals surface area contributed by atoms with Crippen LogP contribution in [0.4, 0.5) is 35.0 Å². The molecule has 1 fully saturated rings. The van der Waals surface area contributed by atoms with Gasteiger partial charge in [-0.05, 0) is 60.7 Å². The average molecular weight is 584 g/mol. The summed E-state index contributed by atoms with van der Waals surface area (Å²) in [6, 6.07) is 18.9.